The van der Waals surface area contributed by atoms with Crippen LogP contribution in [0.4, 0.5) is 0 Å². The SMILES string of the molecule is O=C(C=Cc1ccccc1Cl)N1CC(c2nc(-c3cnccn3)no2)C1. The van der Waals surface area contributed by atoms with Crippen LogP contribution in [0, 0.1) is 0 Å². The van der Waals surface area contributed by atoms with Gasteiger partial charge in [0.1, 0.15) is 5.69 Å². The highest BCUT2D eigenvalue weighted by Crippen LogP contribution is 2.27. The lowest BCUT2D eigenvalue weighted by atomic mass is 10.00. The van der Waals surface area contributed by atoms with Gasteiger partial charge in [-0.2, -0.15) is 4.98 Å². The van der Waals surface area contributed by atoms with Gasteiger partial charge in [-0.1, -0.05) is 35.0 Å². The molecule has 0 unspecified atom stereocenters. The third kappa shape index (κ3) is 3.34. The van der Waals surface area contributed by atoms with E-state index in [4.69, 9.17) is 16.1 Å². The smallest absolute Gasteiger partial charge is 0.246 e. The number of aromatic nitrogens is 4. The van der Waals surface area contributed by atoms with Gasteiger partial charge in [-0.3, -0.25) is 9.78 Å². The first kappa shape index (κ1) is 16.4. The molecule has 0 spiro atoms. The summed E-state index contributed by atoms with van der Waals surface area (Å²) in [6, 6.07) is 7.37. The van der Waals surface area contributed by atoms with Crippen molar-refractivity contribution in [1.29, 1.82) is 0 Å². The van der Waals surface area contributed by atoms with Crippen LogP contribution in [0.15, 0.2) is 53.5 Å². The van der Waals surface area contributed by atoms with E-state index in [2.05, 4.69) is 20.1 Å². The Balaban J connectivity index is 1.36. The molecular formula is C18H14ClN5O2. The van der Waals surface area contributed by atoms with Crippen LogP contribution in [0.3, 0.4) is 0 Å². The van der Waals surface area contributed by atoms with E-state index in [1.54, 1.807) is 35.6 Å². The maximum atomic E-state index is 12.2. The van der Waals surface area contributed by atoms with Crippen molar-refractivity contribution in [2.75, 3.05) is 13.1 Å². The summed E-state index contributed by atoms with van der Waals surface area (Å²) in [4.78, 5) is 26.4. The Morgan fingerprint density at radius 1 is 1.27 bits per heavy atom. The summed E-state index contributed by atoms with van der Waals surface area (Å²) < 4.78 is 5.29. The number of carbonyl (C=O) groups is 1. The lowest BCUT2D eigenvalue weighted by Crippen LogP contribution is -2.47. The molecule has 26 heavy (non-hydrogen) atoms. The second-order valence-electron chi connectivity index (χ2n) is 5.84. The van der Waals surface area contributed by atoms with Crippen molar-refractivity contribution in [2.24, 2.45) is 0 Å². The topological polar surface area (TPSA) is 85.0 Å². The van der Waals surface area contributed by atoms with E-state index in [1.807, 2.05) is 18.2 Å². The summed E-state index contributed by atoms with van der Waals surface area (Å²) in [6.45, 7) is 1.07. The maximum absolute atomic E-state index is 12.2. The molecule has 1 aromatic carbocycles. The number of benzene rings is 1. The van der Waals surface area contributed by atoms with Crippen LogP contribution in [0.2, 0.25) is 5.02 Å². The summed E-state index contributed by atoms with van der Waals surface area (Å²) in [5, 5.41) is 4.54. The summed E-state index contributed by atoms with van der Waals surface area (Å²) >= 11 is 6.08. The summed E-state index contributed by atoms with van der Waals surface area (Å²) in [5.41, 5.74) is 1.36. The molecule has 130 valence electrons. The molecule has 0 saturated carbocycles. The van der Waals surface area contributed by atoms with Crippen molar-refractivity contribution in [2.45, 2.75) is 5.92 Å². The van der Waals surface area contributed by atoms with Gasteiger partial charge in [0.15, 0.2) is 0 Å². The Bertz CT molecular complexity index is 951. The largest absolute Gasteiger partial charge is 0.338 e. The number of hydrogen-bond acceptors (Lipinski definition) is 6. The molecule has 3 aromatic rings. The minimum absolute atomic E-state index is 0.0329. The lowest BCUT2D eigenvalue weighted by Gasteiger charge is -2.36. The van der Waals surface area contributed by atoms with Crippen LogP contribution >= 0.6 is 11.6 Å². The quantitative estimate of drug-likeness (QED) is 0.659. The highest BCUT2D eigenvalue weighted by atomic mass is 35.5. The van der Waals surface area contributed by atoms with Crippen LogP contribution in [0.25, 0.3) is 17.6 Å². The Labute approximate surface area is 154 Å². The minimum Gasteiger partial charge on any atom is -0.338 e. The number of likely N-dealkylation sites (tertiary alicyclic amines) is 1. The Morgan fingerprint density at radius 2 is 2.12 bits per heavy atom. The minimum atomic E-state index is -0.0742. The highest BCUT2D eigenvalue weighted by molar-refractivity contribution is 6.32. The molecule has 0 bridgehead atoms. The first-order valence-electron chi connectivity index (χ1n) is 8.02. The van der Waals surface area contributed by atoms with E-state index in [9.17, 15) is 4.79 Å². The van der Waals surface area contributed by atoms with Crippen LogP contribution in [0.5, 0.6) is 0 Å². The van der Waals surface area contributed by atoms with E-state index in [0.717, 1.165) is 5.56 Å². The monoisotopic (exact) mass is 367 g/mol. The van der Waals surface area contributed by atoms with E-state index < -0.39 is 0 Å². The van der Waals surface area contributed by atoms with Crippen LogP contribution < -0.4 is 0 Å². The Kier molecular flexibility index (Phi) is 4.45. The molecule has 1 fully saturated rings. The fourth-order valence-corrected chi connectivity index (χ4v) is 2.81. The molecule has 3 heterocycles. The molecule has 0 N–H and O–H groups in total. The number of amides is 1. The van der Waals surface area contributed by atoms with Crippen molar-refractivity contribution in [3.8, 4) is 11.5 Å². The molecule has 1 aliphatic rings. The second-order valence-corrected chi connectivity index (χ2v) is 6.25. The van der Waals surface area contributed by atoms with Crippen molar-refractivity contribution in [1.82, 2.24) is 25.0 Å². The number of nitrogens with zero attached hydrogens (tertiary/aromatic N) is 5. The maximum Gasteiger partial charge on any atom is 0.246 e. The van der Waals surface area contributed by atoms with Gasteiger partial charge in [-0.25, -0.2) is 4.98 Å². The van der Waals surface area contributed by atoms with Gasteiger partial charge in [0.05, 0.1) is 12.1 Å². The molecule has 1 saturated heterocycles. The second kappa shape index (κ2) is 7.05. The van der Waals surface area contributed by atoms with Gasteiger partial charge in [-0.05, 0) is 17.7 Å². The van der Waals surface area contributed by atoms with Crippen LogP contribution in [-0.4, -0.2) is 44.0 Å². The van der Waals surface area contributed by atoms with Crippen molar-refractivity contribution < 1.29 is 9.32 Å². The van der Waals surface area contributed by atoms with Crippen molar-refractivity contribution in [3.05, 3.63) is 65.4 Å². The number of halogens is 1. The zero-order valence-electron chi connectivity index (χ0n) is 13.6. The first-order valence-corrected chi connectivity index (χ1v) is 8.40. The lowest BCUT2D eigenvalue weighted by molar-refractivity contribution is -0.130. The van der Waals surface area contributed by atoms with Crippen molar-refractivity contribution >= 4 is 23.6 Å². The number of rotatable bonds is 4. The third-order valence-electron chi connectivity index (χ3n) is 4.09. The summed E-state index contributed by atoms with van der Waals surface area (Å²) in [5.74, 6) is 0.863. The molecule has 4 rings (SSSR count). The van der Waals surface area contributed by atoms with Gasteiger partial charge in [0.2, 0.25) is 17.6 Å². The van der Waals surface area contributed by atoms with Gasteiger partial charge in [-0.15, -0.1) is 0 Å². The third-order valence-corrected chi connectivity index (χ3v) is 4.43. The fraction of sp³-hybridized carbons (Fsp3) is 0.167. The van der Waals surface area contributed by atoms with Gasteiger partial charge >= 0.3 is 0 Å². The Morgan fingerprint density at radius 3 is 2.88 bits per heavy atom. The van der Waals surface area contributed by atoms with Crippen LogP contribution in [-0.2, 0) is 4.79 Å². The highest BCUT2D eigenvalue weighted by Gasteiger charge is 2.34. The number of carbonyl (C=O) groups excluding carboxylic acids is 1. The van der Waals surface area contributed by atoms with Crippen molar-refractivity contribution in [3.63, 3.8) is 0 Å². The van der Waals surface area contributed by atoms with Gasteiger partial charge < -0.3 is 9.42 Å². The first-order chi connectivity index (χ1) is 12.7. The summed E-state index contributed by atoms with van der Waals surface area (Å²) in [6.07, 6.45) is 7.97. The number of hydrogen-bond donors (Lipinski definition) is 0. The predicted molar refractivity (Wildman–Crippen MR) is 95.1 cm³/mol. The average molecular weight is 368 g/mol. The standard InChI is InChI=1S/C18H14ClN5O2/c19-14-4-2-1-3-12(14)5-6-16(25)24-10-13(11-24)18-22-17(23-26-18)15-9-20-7-8-21-15/h1-9,13H,10-11H2. The van der Waals surface area contributed by atoms with E-state index in [-0.39, 0.29) is 11.8 Å². The fourth-order valence-electron chi connectivity index (χ4n) is 2.61. The summed E-state index contributed by atoms with van der Waals surface area (Å²) in [7, 11) is 0. The zero-order chi connectivity index (χ0) is 17.9. The Hall–Kier alpha value is -3.06. The predicted octanol–water partition coefficient (Wildman–Crippen LogP) is 2.82. The molecular weight excluding hydrogens is 354 g/mol. The molecule has 7 nitrogen and oxygen atoms in total. The van der Waals surface area contributed by atoms with Gasteiger partial charge in [0, 0.05) is 36.6 Å². The normalized spacial score (nSPS) is 14.6. The van der Waals surface area contributed by atoms with E-state index in [1.165, 1.54) is 6.08 Å². The molecule has 0 aliphatic carbocycles. The zero-order valence-corrected chi connectivity index (χ0v) is 14.4. The average Bonchev–Trinajstić information content (AvgIpc) is 3.10. The van der Waals surface area contributed by atoms with E-state index >= 15 is 0 Å². The van der Waals surface area contributed by atoms with Gasteiger partial charge in [0.25, 0.3) is 0 Å². The molecule has 1 aliphatic heterocycles. The van der Waals surface area contributed by atoms with Crippen LogP contribution in [0.1, 0.15) is 17.4 Å². The van der Waals surface area contributed by atoms with E-state index in [0.29, 0.717) is 35.5 Å². The molecule has 0 atom stereocenters. The molecule has 2 aromatic heterocycles. The molecule has 0 radical (unpaired) electrons. The molecule has 1 amide bonds. The molecule has 8 heteroatoms.